The number of anilines is 1. The van der Waals surface area contributed by atoms with Gasteiger partial charge in [0.2, 0.25) is 11.8 Å². The summed E-state index contributed by atoms with van der Waals surface area (Å²) in [6.07, 6.45) is 1.43. The van der Waals surface area contributed by atoms with Crippen LogP contribution in [0.1, 0.15) is 19.8 Å². The van der Waals surface area contributed by atoms with Gasteiger partial charge in [0, 0.05) is 12.3 Å². The van der Waals surface area contributed by atoms with Crippen molar-refractivity contribution in [1.82, 2.24) is 0 Å². The molecule has 1 aliphatic rings. The summed E-state index contributed by atoms with van der Waals surface area (Å²) in [4.78, 5) is 36.6. The van der Waals surface area contributed by atoms with E-state index in [9.17, 15) is 14.4 Å². The lowest BCUT2D eigenvalue weighted by Crippen LogP contribution is -2.32. The minimum atomic E-state index is -0.535. The van der Waals surface area contributed by atoms with E-state index in [-0.39, 0.29) is 18.2 Å². The quantitative estimate of drug-likeness (QED) is 0.607. The van der Waals surface area contributed by atoms with Crippen molar-refractivity contribution in [2.75, 3.05) is 12.0 Å². The molecular weight excluding hydrogens is 258 g/mol. The standard InChI is InChI=1S/C15H17NO4/c1-3-10(9-17)13-8-14(18)16(15(13)19)11-4-6-12(20-2)7-5-11/h4-7,9-10,13H,3,8H2,1-2H3/t10?,13-/m0/s1. The molecule has 1 aliphatic heterocycles. The smallest absolute Gasteiger partial charge is 0.238 e. The zero-order valence-corrected chi connectivity index (χ0v) is 11.5. The Hall–Kier alpha value is -2.17. The molecule has 20 heavy (non-hydrogen) atoms. The summed E-state index contributed by atoms with van der Waals surface area (Å²) in [7, 11) is 1.55. The number of aldehydes is 1. The molecule has 5 nitrogen and oxygen atoms in total. The molecule has 2 rings (SSSR count). The minimum Gasteiger partial charge on any atom is -0.497 e. The van der Waals surface area contributed by atoms with Gasteiger partial charge in [-0.05, 0) is 30.7 Å². The second kappa shape index (κ2) is 5.86. The van der Waals surface area contributed by atoms with Crippen LogP contribution in [0.25, 0.3) is 0 Å². The van der Waals surface area contributed by atoms with Crippen LogP contribution in [0.15, 0.2) is 24.3 Å². The molecule has 0 radical (unpaired) electrons. The Balaban J connectivity index is 2.26. The molecule has 0 N–H and O–H groups in total. The molecule has 0 bridgehead atoms. The summed E-state index contributed by atoms with van der Waals surface area (Å²) >= 11 is 0. The summed E-state index contributed by atoms with van der Waals surface area (Å²) < 4.78 is 5.04. The number of imide groups is 1. The molecule has 0 aliphatic carbocycles. The number of methoxy groups -OCH3 is 1. The molecule has 5 heteroatoms. The monoisotopic (exact) mass is 275 g/mol. The average molecular weight is 275 g/mol. The Morgan fingerprint density at radius 2 is 2.00 bits per heavy atom. The van der Waals surface area contributed by atoms with Gasteiger partial charge in [-0.25, -0.2) is 0 Å². The van der Waals surface area contributed by atoms with E-state index >= 15 is 0 Å². The van der Waals surface area contributed by atoms with Crippen molar-refractivity contribution in [2.24, 2.45) is 11.8 Å². The van der Waals surface area contributed by atoms with E-state index in [0.717, 1.165) is 11.2 Å². The van der Waals surface area contributed by atoms with Crippen LogP contribution < -0.4 is 9.64 Å². The SMILES string of the molecule is CCC(C=O)[C@@H]1CC(=O)N(c2ccc(OC)cc2)C1=O. The third-order valence-electron chi connectivity index (χ3n) is 3.68. The van der Waals surface area contributed by atoms with Gasteiger partial charge in [-0.2, -0.15) is 0 Å². The molecule has 0 aromatic heterocycles. The van der Waals surface area contributed by atoms with Gasteiger partial charge in [-0.15, -0.1) is 0 Å². The Bertz CT molecular complexity index is 523. The molecule has 0 saturated carbocycles. The number of benzene rings is 1. The van der Waals surface area contributed by atoms with Crippen LogP contribution in [-0.4, -0.2) is 25.2 Å². The van der Waals surface area contributed by atoms with Crippen LogP contribution >= 0.6 is 0 Å². The largest absolute Gasteiger partial charge is 0.497 e. The fourth-order valence-corrected chi connectivity index (χ4v) is 2.47. The first-order chi connectivity index (χ1) is 9.62. The van der Waals surface area contributed by atoms with Crippen molar-refractivity contribution in [3.63, 3.8) is 0 Å². The van der Waals surface area contributed by atoms with Gasteiger partial charge in [-0.3, -0.25) is 14.5 Å². The molecule has 1 aromatic carbocycles. The number of hydrogen-bond donors (Lipinski definition) is 0. The van der Waals surface area contributed by atoms with Gasteiger partial charge in [-0.1, -0.05) is 6.92 Å². The topological polar surface area (TPSA) is 63.7 Å². The summed E-state index contributed by atoms with van der Waals surface area (Å²) in [6, 6.07) is 6.72. The van der Waals surface area contributed by atoms with E-state index in [4.69, 9.17) is 4.74 Å². The van der Waals surface area contributed by atoms with Crippen molar-refractivity contribution in [1.29, 1.82) is 0 Å². The number of amides is 2. The molecule has 1 unspecified atom stereocenters. The number of carbonyl (C=O) groups is 3. The van der Waals surface area contributed by atoms with E-state index in [1.54, 1.807) is 31.4 Å². The molecule has 1 fully saturated rings. The summed E-state index contributed by atoms with van der Waals surface area (Å²) in [5.74, 6) is -0.824. The fraction of sp³-hybridized carbons (Fsp3) is 0.400. The van der Waals surface area contributed by atoms with E-state index in [0.29, 0.717) is 17.9 Å². The van der Waals surface area contributed by atoms with Crippen molar-refractivity contribution >= 4 is 23.8 Å². The first kappa shape index (κ1) is 14.2. The zero-order valence-electron chi connectivity index (χ0n) is 11.5. The Labute approximate surface area is 117 Å². The number of nitrogens with zero attached hydrogens (tertiary/aromatic N) is 1. The van der Waals surface area contributed by atoms with E-state index in [1.165, 1.54) is 0 Å². The number of rotatable bonds is 5. The first-order valence-corrected chi connectivity index (χ1v) is 6.58. The molecule has 2 amide bonds. The highest BCUT2D eigenvalue weighted by atomic mass is 16.5. The maximum absolute atomic E-state index is 12.3. The van der Waals surface area contributed by atoms with E-state index in [1.807, 2.05) is 6.92 Å². The normalized spacial score (nSPS) is 20.1. The third-order valence-corrected chi connectivity index (χ3v) is 3.68. The van der Waals surface area contributed by atoms with Crippen LogP contribution in [0.5, 0.6) is 5.75 Å². The maximum Gasteiger partial charge on any atom is 0.238 e. The Kier molecular flexibility index (Phi) is 4.17. The van der Waals surface area contributed by atoms with Crippen LogP contribution in [0.3, 0.4) is 0 Å². The molecule has 0 spiro atoms. The van der Waals surface area contributed by atoms with Crippen molar-refractivity contribution in [3.8, 4) is 5.75 Å². The van der Waals surface area contributed by atoms with E-state index < -0.39 is 11.8 Å². The molecule has 106 valence electrons. The predicted molar refractivity (Wildman–Crippen MR) is 73.4 cm³/mol. The highest BCUT2D eigenvalue weighted by Crippen LogP contribution is 2.32. The van der Waals surface area contributed by atoms with Crippen molar-refractivity contribution < 1.29 is 19.1 Å². The van der Waals surface area contributed by atoms with Crippen molar-refractivity contribution in [2.45, 2.75) is 19.8 Å². The van der Waals surface area contributed by atoms with Crippen LogP contribution in [0.4, 0.5) is 5.69 Å². The number of hydrogen-bond acceptors (Lipinski definition) is 4. The Morgan fingerprint density at radius 3 is 2.50 bits per heavy atom. The lowest BCUT2D eigenvalue weighted by molar-refractivity contribution is -0.125. The number of carbonyl (C=O) groups excluding carboxylic acids is 3. The van der Waals surface area contributed by atoms with Gasteiger partial charge in [0.1, 0.15) is 12.0 Å². The summed E-state index contributed by atoms with van der Waals surface area (Å²) in [5, 5.41) is 0. The molecule has 1 saturated heterocycles. The molecular formula is C15H17NO4. The van der Waals surface area contributed by atoms with Gasteiger partial charge < -0.3 is 9.53 Å². The van der Waals surface area contributed by atoms with Gasteiger partial charge in [0.25, 0.3) is 0 Å². The summed E-state index contributed by atoms with van der Waals surface area (Å²) in [5.41, 5.74) is 0.518. The zero-order chi connectivity index (χ0) is 14.7. The van der Waals surface area contributed by atoms with Crippen LogP contribution in [-0.2, 0) is 14.4 Å². The van der Waals surface area contributed by atoms with Gasteiger partial charge in [0.05, 0.1) is 18.7 Å². The average Bonchev–Trinajstić information content (AvgIpc) is 2.76. The highest BCUT2D eigenvalue weighted by Gasteiger charge is 2.42. The van der Waals surface area contributed by atoms with Crippen molar-refractivity contribution in [3.05, 3.63) is 24.3 Å². The second-order valence-electron chi connectivity index (χ2n) is 4.78. The second-order valence-corrected chi connectivity index (χ2v) is 4.78. The summed E-state index contributed by atoms with van der Waals surface area (Å²) in [6.45, 7) is 1.84. The molecule has 1 aromatic rings. The lowest BCUT2D eigenvalue weighted by atomic mass is 9.90. The minimum absolute atomic E-state index is 0.0993. The third kappa shape index (κ3) is 2.43. The predicted octanol–water partition coefficient (Wildman–Crippen LogP) is 1.80. The van der Waals surface area contributed by atoms with E-state index in [2.05, 4.69) is 0 Å². The lowest BCUT2D eigenvalue weighted by Gasteiger charge is -2.17. The van der Waals surface area contributed by atoms with Crippen LogP contribution in [0, 0.1) is 11.8 Å². The fourth-order valence-electron chi connectivity index (χ4n) is 2.47. The first-order valence-electron chi connectivity index (χ1n) is 6.58. The molecule has 1 heterocycles. The molecule has 2 atom stereocenters. The highest BCUT2D eigenvalue weighted by molar-refractivity contribution is 6.21. The van der Waals surface area contributed by atoms with Crippen LogP contribution in [0.2, 0.25) is 0 Å². The maximum atomic E-state index is 12.3. The van der Waals surface area contributed by atoms with Gasteiger partial charge in [0.15, 0.2) is 0 Å². The Morgan fingerprint density at radius 1 is 1.35 bits per heavy atom. The van der Waals surface area contributed by atoms with Gasteiger partial charge >= 0.3 is 0 Å². The number of ether oxygens (including phenoxy) is 1.